The van der Waals surface area contributed by atoms with E-state index in [0.29, 0.717) is 16.5 Å². The number of hydrazine groups is 1. The first-order valence-corrected chi connectivity index (χ1v) is 8.41. The number of hydrogen-bond donors (Lipinski definition) is 3. The van der Waals surface area contributed by atoms with E-state index in [1.165, 1.54) is 18.1 Å². The molecule has 3 rings (SSSR count). The van der Waals surface area contributed by atoms with Gasteiger partial charge in [0, 0.05) is 22.0 Å². The summed E-state index contributed by atoms with van der Waals surface area (Å²) in [4.78, 5) is 14.0. The Morgan fingerprint density at radius 2 is 1.83 bits per heavy atom. The van der Waals surface area contributed by atoms with Crippen molar-refractivity contribution in [2.45, 2.75) is 36.2 Å². The number of para-hydroxylation sites is 1. The van der Waals surface area contributed by atoms with E-state index < -0.39 is 0 Å². The molecule has 0 aliphatic carbocycles. The van der Waals surface area contributed by atoms with Crippen LogP contribution in [-0.4, -0.2) is 20.5 Å². The number of fused-ring (bicyclic) bond motifs is 1. The second-order valence-corrected chi connectivity index (χ2v) is 7.41. The lowest BCUT2D eigenvalue weighted by atomic mass is 10.1. The molecule has 0 unspecified atom stereocenters. The van der Waals surface area contributed by atoms with E-state index >= 15 is 0 Å². The molecule has 2 aromatic heterocycles. The van der Waals surface area contributed by atoms with Crippen molar-refractivity contribution in [3.63, 3.8) is 0 Å². The molecule has 124 valence electrons. The van der Waals surface area contributed by atoms with Crippen molar-refractivity contribution in [1.29, 1.82) is 0 Å². The SMILES string of the molecule is CC(C)(C)NNc1ncnc(Sc2cccc3cccnc23)c1N. The molecule has 4 N–H and O–H groups in total. The highest BCUT2D eigenvalue weighted by atomic mass is 32.2. The molecule has 0 atom stereocenters. The number of pyridine rings is 1. The Kier molecular flexibility index (Phi) is 4.55. The average Bonchev–Trinajstić information content (AvgIpc) is 2.55. The third-order valence-corrected chi connectivity index (χ3v) is 4.27. The molecule has 0 saturated heterocycles. The van der Waals surface area contributed by atoms with Gasteiger partial charge in [-0.3, -0.25) is 4.98 Å². The van der Waals surface area contributed by atoms with E-state index in [9.17, 15) is 0 Å². The van der Waals surface area contributed by atoms with Gasteiger partial charge < -0.3 is 11.2 Å². The van der Waals surface area contributed by atoms with Crippen molar-refractivity contribution >= 4 is 34.2 Å². The van der Waals surface area contributed by atoms with Crippen LogP contribution in [-0.2, 0) is 0 Å². The van der Waals surface area contributed by atoms with Crippen molar-refractivity contribution in [2.24, 2.45) is 0 Å². The van der Waals surface area contributed by atoms with Gasteiger partial charge in [-0.25, -0.2) is 15.4 Å². The predicted octanol–water partition coefficient (Wildman–Crippen LogP) is 3.47. The minimum atomic E-state index is -0.107. The molecule has 1 aromatic carbocycles. The molecule has 7 heteroatoms. The zero-order valence-corrected chi connectivity index (χ0v) is 14.7. The Bertz CT molecular complexity index is 854. The van der Waals surface area contributed by atoms with Gasteiger partial charge in [-0.1, -0.05) is 30.0 Å². The predicted molar refractivity (Wildman–Crippen MR) is 98.8 cm³/mol. The van der Waals surface area contributed by atoms with Crippen LogP contribution in [0.25, 0.3) is 10.9 Å². The Hall–Kier alpha value is -2.38. The first-order valence-electron chi connectivity index (χ1n) is 7.59. The number of nitrogens with zero attached hydrogens (tertiary/aromatic N) is 3. The lowest BCUT2D eigenvalue weighted by Crippen LogP contribution is -2.40. The van der Waals surface area contributed by atoms with Crippen LogP contribution in [0.3, 0.4) is 0 Å². The average molecular weight is 340 g/mol. The lowest BCUT2D eigenvalue weighted by molar-refractivity contribution is 0.464. The van der Waals surface area contributed by atoms with Crippen LogP contribution in [0.4, 0.5) is 11.5 Å². The maximum Gasteiger partial charge on any atom is 0.168 e. The number of hydrogen-bond acceptors (Lipinski definition) is 7. The molecule has 0 fully saturated rings. The molecule has 0 spiro atoms. The fourth-order valence-electron chi connectivity index (χ4n) is 2.07. The molecular weight excluding hydrogens is 320 g/mol. The molecule has 24 heavy (non-hydrogen) atoms. The maximum atomic E-state index is 6.24. The van der Waals surface area contributed by atoms with Gasteiger partial charge in [-0.2, -0.15) is 0 Å². The number of aromatic nitrogens is 3. The van der Waals surface area contributed by atoms with Crippen LogP contribution in [0, 0.1) is 0 Å². The minimum absolute atomic E-state index is 0.107. The summed E-state index contributed by atoms with van der Waals surface area (Å²) in [5.41, 5.74) is 13.8. The standard InChI is InChI=1S/C17H20N6S/c1-17(2,3)23-22-15-13(18)16(21-10-20-15)24-12-8-4-6-11-7-5-9-19-14(11)12/h4-10,23H,18H2,1-3H3,(H,20,21,22). The van der Waals surface area contributed by atoms with Gasteiger partial charge in [-0.05, 0) is 32.9 Å². The van der Waals surface area contributed by atoms with Crippen LogP contribution in [0.1, 0.15) is 20.8 Å². The van der Waals surface area contributed by atoms with Crippen LogP contribution in [0.2, 0.25) is 0 Å². The highest BCUT2D eigenvalue weighted by Gasteiger charge is 2.14. The normalized spacial score (nSPS) is 11.6. The highest BCUT2D eigenvalue weighted by Crippen LogP contribution is 2.35. The molecule has 0 radical (unpaired) electrons. The first kappa shape index (κ1) is 16.5. The maximum absolute atomic E-state index is 6.24. The van der Waals surface area contributed by atoms with E-state index in [1.807, 2.05) is 30.3 Å². The number of nitrogen functional groups attached to an aromatic ring is 1. The van der Waals surface area contributed by atoms with Gasteiger partial charge in [-0.15, -0.1) is 0 Å². The van der Waals surface area contributed by atoms with Crippen molar-refractivity contribution < 1.29 is 0 Å². The van der Waals surface area contributed by atoms with Gasteiger partial charge in [0.15, 0.2) is 5.82 Å². The summed E-state index contributed by atoms with van der Waals surface area (Å²) in [6, 6.07) is 10.0. The monoisotopic (exact) mass is 340 g/mol. The van der Waals surface area contributed by atoms with Crippen molar-refractivity contribution in [1.82, 2.24) is 20.4 Å². The summed E-state index contributed by atoms with van der Waals surface area (Å²) >= 11 is 1.48. The molecule has 0 aliphatic rings. The van der Waals surface area contributed by atoms with Crippen LogP contribution < -0.4 is 16.6 Å². The number of nitrogens with one attached hydrogen (secondary N) is 2. The minimum Gasteiger partial charge on any atom is -0.393 e. The molecule has 3 aromatic rings. The summed E-state index contributed by atoms with van der Waals surface area (Å²) in [5.74, 6) is 0.565. The Morgan fingerprint density at radius 3 is 2.62 bits per heavy atom. The summed E-state index contributed by atoms with van der Waals surface area (Å²) < 4.78 is 0. The van der Waals surface area contributed by atoms with Gasteiger partial charge in [0.05, 0.1) is 5.52 Å². The van der Waals surface area contributed by atoms with Gasteiger partial charge in [0.25, 0.3) is 0 Å². The smallest absolute Gasteiger partial charge is 0.168 e. The second-order valence-electron chi connectivity index (χ2n) is 6.37. The van der Waals surface area contributed by atoms with E-state index in [0.717, 1.165) is 15.8 Å². The number of rotatable bonds is 4. The van der Waals surface area contributed by atoms with E-state index in [4.69, 9.17) is 5.73 Å². The number of benzene rings is 1. The third-order valence-electron chi connectivity index (χ3n) is 3.21. The number of anilines is 2. The quantitative estimate of drug-likeness (QED) is 0.495. The zero-order chi connectivity index (χ0) is 17.2. The highest BCUT2D eigenvalue weighted by molar-refractivity contribution is 7.99. The largest absolute Gasteiger partial charge is 0.393 e. The summed E-state index contributed by atoms with van der Waals surface area (Å²) in [5, 5.41) is 1.78. The number of nitrogens with two attached hydrogens (primary N) is 1. The summed E-state index contributed by atoms with van der Waals surface area (Å²) in [6.07, 6.45) is 3.29. The molecule has 0 amide bonds. The zero-order valence-electron chi connectivity index (χ0n) is 13.9. The van der Waals surface area contributed by atoms with Crippen LogP contribution >= 0.6 is 11.8 Å². The summed E-state index contributed by atoms with van der Waals surface area (Å²) in [7, 11) is 0. The van der Waals surface area contributed by atoms with Crippen molar-refractivity contribution in [2.75, 3.05) is 11.2 Å². The lowest BCUT2D eigenvalue weighted by Gasteiger charge is -2.22. The fraction of sp³-hybridized carbons (Fsp3) is 0.235. The Balaban J connectivity index is 1.90. The third kappa shape index (κ3) is 3.74. The molecule has 6 nitrogen and oxygen atoms in total. The Morgan fingerprint density at radius 1 is 1.04 bits per heavy atom. The molecule has 0 aliphatic heterocycles. The molecular formula is C17H20N6S. The molecule has 2 heterocycles. The van der Waals surface area contributed by atoms with Gasteiger partial charge >= 0.3 is 0 Å². The molecule has 0 bridgehead atoms. The molecule has 0 saturated carbocycles. The van der Waals surface area contributed by atoms with E-state index in [2.05, 4.69) is 46.6 Å². The second kappa shape index (κ2) is 6.62. The Labute approximate surface area is 145 Å². The fourth-order valence-corrected chi connectivity index (χ4v) is 3.00. The van der Waals surface area contributed by atoms with Crippen LogP contribution in [0.5, 0.6) is 0 Å². The van der Waals surface area contributed by atoms with Gasteiger partial charge in [0.2, 0.25) is 0 Å². The van der Waals surface area contributed by atoms with Crippen molar-refractivity contribution in [3.8, 4) is 0 Å². The van der Waals surface area contributed by atoms with Gasteiger partial charge in [0.1, 0.15) is 17.0 Å². The van der Waals surface area contributed by atoms with Crippen LogP contribution in [0.15, 0.2) is 52.8 Å². The summed E-state index contributed by atoms with van der Waals surface area (Å²) in [6.45, 7) is 6.15. The first-order chi connectivity index (χ1) is 11.4. The topological polar surface area (TPSA) is 88.8 Å². The van der Waals surface area contributed by atoms with Crippen molar-refractivity contribution in [3.05, 3.63) is 42.9 Å². The van der Waals surface area contributed by atoms with E-state index in [-0.39, 0.29) is 5.54 Å². The van der Waals surface area contributed by atoms with E-state index in [1.54, 1.807) is 6.20 Å².